The van der Waals surface area contributed by atoms with E-state index in [9.17, 15) is 4.79 Å². The maximum Gasteiger partial charge on any atom is 0.255 e. The van der Waals surface area contributed by atoms with E-state index >= 15 is 0 Å². The van der Waals surface area contributed by atoms with Gasteiger partial charge in [0.1, 0.15) is 5.75 Å². The third-order valence-electron chi connectivity index (χ3n) is 3.80. The minimum absolute atomic E-state index is 0.174. The molecule has 2 aromatic carbocycles. The van der Waals surface area contributed by atoms with Crippen molar-refractivity contribution in [3.63, 3.8) is 0 Å². The van der Waals surface area contributed by atoms with Crippen molar-refractivity contribution >= 4 is 11.6 Å². The van der Waals surface area contributed by atoms with Gasteiger partial charge in [-0.3, -0.25) is 4.79 Å². The zero-order valence-electron chi connectivity index (χ0n) is 15.3. The summed E-state index contributed by atoms with van der Waals surface area (Å²) in [6.45, 7) is 4.96. The Morgan fingerprint density at radius 1 is 0.852 bits per heavy atom. The maximum absolute atomic E-state index is 12.3. The first-order chi connectivity index (χ1) is 13.2. The van der Waals surface area contributed by atoms with Gasteiger partial charge in [0.2, 0.25) is 5.88 Å². The minimum atomic E-state index is -0.174. The minimum Gasteiger partial charge on any atom is -0.494 e. The molecule has 0 unspecified atom stereocenters. The quantitative estimate of drug-likeness (QED) is 0.681. The Bertz CT molecular complexity index is 876. The van der Waals surface area contributed by atoms with Crippen LogP contribution >= 0.6 is 0 Å². The number of ether oxygens (including phenoxy) is 2. The van der Waals surface area contributed by atoms with Crippen LogP contribution < -0.4 is 14.8 Å². The standard InChI is InChI=1S/C21H21N3O3/c1-3-26-18-11-7-16(8-12-18)21(25)22-17-9-5-15(6-10-17)19-13-14-20(24-23-19)27-4-2/h5-14H,3-4H2,1-2H3,(H,22,25). The van der Waals surface area contributed by atoms with Crippen LogP contribution in [0, 0.1) is 0 Å². The van der Waals surface area contributed by atoms with Crippen LogP contribution in [0.15, 0.2) is 60.7 Å². The average Bonchev–Trinajstić information content (AvgIpc) is 2.70. The van der Waals surface area contributed by atoms with Gasteiger partial charge in [0.05, 0.1) is 18.9 Å². The van der Waals surface area contributed by atoms with Gasteiger partial charge in [-0.05, 0) is 56.3 Å². The van der Waals surface area contributed by atoms with Crippen molar-refractivity contribution in [1.29, 1.82) is 0 Å². The number of hydrogen-bond donors (Lipinski definition) is 1. The molecular formula is C21H21N3O3. The second kappa shape index (κ2) is 8.80. The molecule has 0 saturated heterocycles. The second-order valence-electron chi connectivity index (χ2n) is 5.68. The van der Waals surface area contributed by atoms with Gasteiger partial charge >= 0.3 is 0 Å². The fourth-order valence-corrected chi connectivity index (χ4v) is 2.50. The zero-order chi connectivity index (χ0) is 19.1. The molecule has 27 heavy (non-hydrogen) atoms. The molecule has 0 fully saturated rings. The topological polar surface area (TPSA) is 73.3 Å². The van der Waals surface area contributed by atoms with Crippen molar-refractivity contribution in [3.05, 3.63) is 66.2 Å². The molecular weight excluding hydrogens is 342 g/mol. The summed E-state index contributed by atoms with van der Waals surface area (Å²) in [7, 11) is 0. The molecule has 0 bridgehead atoms. The van der Waals surface area contributed by atoms with Crippen molar-refractivity contribution in [3.8, 4) is 22.9 Å². The highest BCUT2D eigenvalue weighted by atomic mass is 16.5. The molecule has 0 aliphatic rings. The summed E-state index contributed by atoms with van der Waals surface area (Å²) in [6.07, 6.45) is 0. The second-order valence-corrected chi connectivity index (χ2v) is 5.68. The van der Waals surface area contributed by atoms with Crippen LogP contribution in [0.2, 0.25) is 0 Å². The number of anilines is 1. The molecule has 0 atom stereocenters. The summed E-state index contributed by atoms with van der Waals surface area (Å²) in [5.41, 5.74) is 2.92. The summed E-state index contributed by atoms with van der Waals surface area (Å²) in [4.78, 5) is 12.3. The summed E-state index contributed by atoms with van der Waals surface area (Å²) >= 11 is 0. The molecule has 1 amide bonds. The Balaban J connectivity index is 1.65. The van der Waals surface area contributed by atoms with Crippen molar-refractivity contribution < 1.29 is 14.3 Å². The first-order valence-electron chi connectivity index (χ1n) is 8.80. The van der Waals surface area contributed by atoms with E-state index in [-0.39, 0.29) is 5.91 Å². The number of rotatable bonds is 7. The molecule has 1 aromatic heterocycles. The number of aromatic nitrogens is 2. The average molecular weight is 363 g/mol. The highest BCUT2D eigenvalue weighted by Gasteiger charge is 2.07. The van der Waals surface area contributed by atoms with Gasteiger partial charge in [-0.2, -0.15) is 0 Å². The van der Waals surface area contributed by atoms with Gasteiger partial charge in [0.15, 0.2) is 0 Å². The third-order valence-corrected chi connectivity index (χ3v) is 3.80. The first kappa shape index (κ1) is 18.4. The fourth-order valence-electron chi connectivity index (χ4n) is 2.50. The molecule has 138 valence electrons. The molecule has 0 aliphatic heterocycles. The van der Waals surface area contributed by atoms with Gasteiger partial charge in [-0.25, -0.2) is 0 Å². The van der Waals surface area contributed by atoms with Gasteiger partial charge in [-0.15, -0.1) is 10.2 Å². The smallest absolute Gasteiger partial charge is 0.255 e. The van der Waals surface area contributed by atoms with Gasteiger partial charge < -0.3 is 14.8 Å². The molecule has 3 rings (SSSR count). The van der Waals surface area contributed by atoms with Crippen LogP contribution in [0.4, 0.5) is 5.69 Å². The molecule has 0 saturated carbocycles. The predicted molar refractivity (Wildman–Crippen MR) is 104 cm³/mol. The monoisotopic (exact) mass is 363 g/mol. The van der Waals surface area contributed by atoms with E-state index in [1.54, 1.807) is 30.3 Å². The van der Waals surface area contributed by atoms with E-state index in [2.05, 4.69) is 15.5 Å². The summed E-state index contributed by atoms with van der Waals surface area (Å²) in [6, 6.07) is 18.1. The van der Waals surface area contributed by atoms with Crippen LogP contribution in [-0.4, -0.2) is 29.3 Å². The van der Waals surface area contributed by atoms with E-state index in [1.807, 2.05) is 44.2 Å². The molecule has 1 N–H and O–H groups in total. The first-order valence-corrected chi connectivity index (χ1v) is 8.80. The van der Waals surface area contributed by atoms with Crippen LogP contribution in [0.25, 0.3) is 11.3 Å². The highest BCUT2D eigenvalue weighted by molar-refractivity contribution is 6.04. The van der Waals surface area contributed by atoms with E-state index in [0.29, 0.717) is 30.3 Å². The summed E-state index contributed by atoms with van der Waals surface area (Å²) in [5.74, 6) is 1.07. The van der Waals surface area contributed by atoms with Crippen LogP contribution in [-0.2, 0) is 0 Å². The lowest BCUT2D eigenvalue weighted by Crippen LogP contribution is -2.11. The normalized spacial score (nSPS) is 10.3. The van der Waals surface area contributed by atoms with E-state index in [4.69, 9.17) is 9.47 Å². The Morgan fingerprint density at radius 2 is 1.56 bits per heavy atom. The maximum atomic E-state index is 12.3. The summed E-state index contributed by atoms with van der Waals surface area (Å²) < 4.78 is 10.7. The van der Waals surface area contributed by atoms with Crippen molar-refractivity contribution in [2.45, 2.75) is 13.8 Å². The Hall–Kier alpha value is -3.41. The lowest BCUT2D eigenvalue weighted by atomic mass is 10.1. The van der Waals surface area contributed by atoms with Gasteiger partial charge in [0, 0.05) is 22.9 Å². The predicted octanol–water partition coefficient (Wildman–Crippen LogP) is 4.19. The summed E-state index contributed by atoms with van der Waals surface area (Å²) in [5, 5.41) is 11.1. The number of amides is 1. The van der Waals surface area contributed by atoms with Gasteiger partial charge in [-0.1, -0.05) is 12.1 Å². The van der Waals surface area contributed by atoms with E-state index in [0.717, 1.165) is 17.0 Å². The number of carbonyl (C=O) groups excluding carboxylic acids is 1. The van der Waals surface area contributed by atoms with Crippen molar-refractivity contribution in [2.24, 2.45) is 0 Å². The number of nitrogens with one attached hydrogen (secondary N) is 1. The molecule has 6 nitrogen and oxygen atoms in total. The largest absolute Gasteiger partial charge is 0.494 e. The molecule has 0 radical (unpaired) electrons. The van der Waals surface area contributed by atoms with Crippen LogP contribution in [0.3, 0.4) is 0 Å². The molecule has 0 spiro atoms. The number of nitrogens with zero attached hydrogens (tertiary/aromatic N) is 2. The molecule has 1 heterocycles. The Morgan fingerprint density at radius 3 is 2.15 bits per heavy atom. The Kier molecular flexibility index (Phi) is 5.99. The highest BCUT2D eigenvalue weighted by Crippen LogP contribution is 2.21. The molecule has 3 aromatic rings. The fraction of sp³-hybridized carbons (Fsp3) is 0.190. The van der Waals surface area contributed by atoms with Crippen molar-refractivity contribution in [2.75, 3.05) is 18.5 Å². The van der Waals surface area contributed by atoms with Crippen molar-refractivity contribution in [1.82, 2.24) is 10.2 Å². The number of hydrogen-bond acceptors (Lipinski definition) is 5. The van der Waals surface area contributed by atoms with E-state index in [1.165, 1.54) is 0 Å². The SMILES string of the molecule is CCOc1ccc(C(=O)Nc2ccc(-c3ccc(OCC)nn3)cc2)cc1. The lowest BCUT2D eigenvalue weighted by molar-refractivity contribution is 0.102. The van der Waals surface area contributed by atoms with Gasteiger partial charge in [0.25, 0.3) is 5.91 Å². The number of carbonyl (C=O) groups is 1. The lowest BCUT2D eigenvalue weighted by Gasteiger charge is -2.08. The third kappa shape index (κ3) is 4.82. The van der Waals surface area contributed by atoms with Crippen LogP contribution in [0.1, 0.15) is 24.2 Å². The van der Waals surface area contributed by atoms with Crippen LogP contribution in [0.5, 0.6) is 11.6 Å². The number of benzene rings is 2. The molecule has 6 heteroatoms. The Labute approximate surface area is 158 Å². The van der Waals surface area contributed by atoms with E-state index < -0.39 is 0 Å². The molecule has 0 aliphatic carbocycles. The zero-order valence-corrected chi connectivity index (χ0v) is 15.3.